The van der Waals surface area contributed by atoms with Crippen LogP contribution in [-0.4, -0.2) is 7.11 Å². The maximum Gasteiger partial charge on any atom is 0.119 e. The first-order valence-corrected chi connectivity index (χ1v) is 8.99. The van der Waals surface area contributed by atoms with E-state index in [1.165, 1.54) is 54.6 Å². The molecule has 5 rings (SSSR count). The zero-order valence-electron chi connectivity index (χ0n) is 15.3. The first kappa shape index (κ1) is 15.2. The Morgan fingerprint density at radius 2 is 1.38 bits per heavy atom. The second-order valence-corrected chi connectivity index (χ2v) is 7.11. The van der Waals surface area contributed by atoms with Crippen LogP contribution in [0.4, 0.5) is 0 Å². The van der Waals surface area contributed by atoms with E-state index in [1.807, 2.05) is 6.07 Å². The Kier molecular flexibility index (Phi) is 3.20. The molecule has 0 amide bonds. The van der Waals surface area contributed by atoms with Gasteiger partial charge in [-0.1, -0.05) is 54.6 Å². The van der Waals surface area contributed by atoms with Crippen LogP contribution in [0.5, 0.6) is 5.75 Å². The number of rotatable bonds is 2. The molecule has 1 nitrogen and oxygen atoms in total. The highest BCUT2D eigenvalue weighted by atomic mass is 16.5. The van der Waals surface area contributed by atoms with Gasteiger partial charge in [0.1, 0.15) is 5.75 Å². The van der Waals surface area contributed by atoms with Crippen molar-refractivity contribution < 1.29 is 4.74 Å². The van der Waals surface area contributed by atoms with E-state index in [0.717, 1.165) is 5.75 Å². The van der Waals surface area contributed by atoms with Crippen LogP contribution in [0.25, 0.3) is 43.4 Å². The van der Waals surface area contributed by atoms with E-state index in [1.54, 1.807) is 7.11 Å². The van der Waals surface area contributed by atoms with E-state index in [-0.39, 0.29) is 0 Å². The van der Waals surface area contributed by atoms with Gasteiger partial charge >= 0.3 is 0 Å². The molecule has 0 radical (unpaired) electrons. The Balaban J connectivity index is 1.98. The third-order valence-electron chi connectivity index (χ3n) is 5.56. The van der Waals surface area contributed by atoms with Gasteiger partial charge in [0, 0.05) is 0 Å². The van der Waals surface area contributed by atoms with Gasteiger partial charge in [-0.15, -0.1) is 0 Å². The molecule has 126 valence electrons. The second-order valence-electron chi connectivity index (χ2n) is 7.11. The van der Waals surface area contributed by atoms with Crippen molar-refractivity contribution in [1.82, 2.24) is 0 Å². The lowest BCUT2D eigenvalue weighted by Gasteiger charge is -2.17. The summed E-state index contributed by atoms with van der Waals surface area (Å²) in [4.78, 5) is 0. The van der Waals surface area contributed by atoms with Gasteiger partial charge in [-0.2, -0.15) is 0 Å². The van der Waals surface area contributed by atoms with Crippen molar-refractivity contribution in [3.63, 3.8) is 0 Å². The van der Waals surface area contributed by atoms with Gasteiger partial charge in [-0.25, -0.2) is 0 Å². The molecule has 0 atom stereocenters. The molecule has 0 aliphatic carbocycles. The largest absolute Gasteiger partial charge is 0.497 e. The minimum Gasteiger partial charge on any atom is -0.497 e. The zero-order chi connectivity index (χ0) is 17.8. The van der Waals surface area contributed by atoms with E-state index in [9.17, 15) is 0 Å². The lowest BCUT2D eigenvalue weighted by Crippen LogP contribution is -1.92. The van der Waals surface area contributed by atoms with Crippen LogP contribution in [0.2, 0.25) is 0 Å². The summed E-state index contributed by atoms with van der Waals surface area (Å²) in [5.41, 5.74) is 5.13. The highest BCUT2D eigenvalue weighted by Gasteiger charge is 2.15. The van der Waals surface area contributed by atoms with Crippen molar-refractivity contribution in [2.75, 3.05) is 7.11 Å². The maximum absolute atomic E-state index is 5.46. The average Bonchev–Trinajstić information content (AvgIpc) is 2.67. The van der Waals surface area contributed by atoms with Crippen LogP contribution in [0.3, 0.4) is 0 Å². The van der Waals surface area contributed by atoms with Gasteiger partial charge in [0.2, 0.25) is 0 Å². The SMILES string of the molecule is COc1cccc(-c2c(C)cc3ccc4ccc(C)c5ccc2c3c45)c1. The number of ether oxygens (including phenoxy) is 1. The van der Waals surface area contributed by atoms with Crippen LogP contribution in [0.15, 0.2) is 66.7 Å². The molecular weight excluding hydrogens is 316 g/mol. The summed E-state index contributed by atoms with van der Waals surface area (Å²) in [5.74, 6) is 0.892. The molecule has 0 bridgehead atoms. The van der Waals surface area contributed by atoms with Crippen molar-refractivity contribution in [2.45, 2.75) is 13.8 Å². The fourth-order valence-electron chi connectivity index (χ4n) is 4.33. The number of benzene rings is 5. The van der Waals surface area contributed by atoms with E-state index in [4.69, 9.17) is 4.74 Å². The normalized spacial score (nSPS) is 11.7. The summed E-state index contributed by atoms with van der Waals surface area (Å²) >= 11 is 0. The van der Waals surface area contributed by atoms with Crippen LogP contribution in [-0.2, 0) is 0 Å². The molecule has 0 heterocycles. The summed E-state index contributed by atoms with van der Waals surface area (Å²) in [6, 6.07) is 24.2. The first-order chi connectivity index (χ1) is 12.7. The Hall–Kier alpha value is -3.06. The smallest absolute Gasteiger partial charge is 0.119 e. The quantitative estimate of drug-likeness (QED) is 0.319. The molecule has 0 saturated heterocycles. The van der Waals surface area contributed by atoms with Gasteiger partial charge in [-0.3, -0.25) is 0 Å². The molecule has 0 N–H and O–H groups in total. The fraction of sp³-hybridized carbons (Fsp3) is 0.120. The summed E-state index contributed by atoms with van der Waals surface area (Å²) in [7, 11) is 1.72. The molecule has 0 fully saturated rings. The minimum atomic E-state index is 0.892. The van der Waals surface area contributed by atoms with Crippen LogP contribution >= 0.6 is 0 Å². The number of aryl methyl sites for hydroxylation is 2. The maximum atomic E-state index is 5.46. The predicted octanol–water partition coefficient (Wildman–Crippen LogP) is 6.88. The summed E-state index contributed by atoms with van der Waals surface area (Å²) in [5, 5.41) is 8.03. The van der Waals surface area contributed by atoms with Crippen molar-refractivity contribution in [3.8, 4) is 16.9 Å². The lowest BCUT2D eigenvalue weighted by molar-refractivity contribution is 0.415. The molecule has 5 aromatic rings. The van der Waals surface area contributed by atoms with Gasteiger partial charge < -0.3 is 4.74 Å². The van der Waals surface area contributed by atoms with Crippen LogP contribution in [0, 0.1) is 13.8 Å². The predicted molar refractivity (Wildman–Crippen MR) is 112 cm³/mol. The Labute approximate surface area is 153 Å². The van der Waals surface area contributed by atoms with Gasteiger partial charge in [0.15, 0.2) is 0 Å². The third kappa shape index (κ3) is 2.04. The fourth-order valence-corrected chi connectivity index (χ4v) is 4.33. The number of hydrogen-bond donors (Lipinski definition) is 0. The molecule has 0 aromatic heterocycles. The number of methoxy groups -OCH3 is 1. The minimum absolute atomic E-state index is 0.892. The topological polar surface area (TPSA) is 9.23 Å². The van der Waals surface area contributed by atoms with Crippen LogP contribution in [0.1, 0.15) is 11.1 Å². The lowest BCUT2D eigenvalue weighted by atomic mass is 9.86. The van der Waals surface area contributed by atoms with Crippen molar-refractivity contribution in [1.29, 1.82) is 0 Å². The highest BCUT2D eigenvalue weighted by molar-refractivity contribution is 6.26. The van der Waals surface area contributed by atoms with E-state index >= 15 is 0 Å². The summed E-state index contributed by atoms with van der Waals surface area (Å²) < 4.78 is 5.46. The molecule has 0 saturated carbocycles. The molecule has 0 spiro atoms. The Morgan fingerprint density at radius 3 is 2.23 bits per heavy atom. The van der Waals surface area contributed by atoms with Crippen molar-refractivity contribution in [2.24, 2.45) is 0 Å². The summed E-state index contributed by atoms with van der Waals surface area (Å²) in [6.07, 6.45) is 0. The van der Waals surface area contributed by atoms with E-state index < -0.39 is 0 Å². The Bertz CT molecular complexity index is 1280. The van der Waals surface area contributed by atoms with E-state index in [0.29, 0.717) is 0 Å². The number of hydrogen-bond acceptors (Lipinski definition) is 1. The van der Waals surface area contributed by atoms with Gasteiger partial charge in [0.25, 0.3) is 0 Å². The van der Waals surface area contributed by atoms with Gasteiger partial charge in [0.05, 0.1) is 7.11 Å². The zero-order valence-corrected chi connectivity index (χ0v) is 15.3. The molecule has 0 aliphatic rings. The molecular formula is C25H20O. The van der Waals surface area contributed by atoms with E-state index in [2.05, 4.69) is 74.5 Å². The van der Waals surface area contributed by atoms with Gasteiger partial charge in [-0.05, 0) is 80.6 Å². The monoisotopic (exact) mass is 336 g/mol. The molecule has 0 aliphatic heterocycles. The molecule has 5 aromatic carbocycles. The average molecular weight is 336 g/mol. The van der Waals surface area contributed by atoms with Crippen LogP contribution < -0.4 is 4.74 Å². The molecule has 1 heteroatoms. The second kappa shape index (κ2) is 5.47. The summed E-state index contributed by atoms with van der Waals surface area (Å²) in [6.45, 7) is 4.40. The molecule has 26 heavy (non-hydrogen) atoms. The molecule has 0 unspecified atom stereocenters. The first-order valence-electron chi connectivity index (χ1n) is 8.99. The third-order valence-corrected chi connectivity index (χ3v) is 5.56. The Morgan fingerprint density at radius 1 is 0.654 bits per heavy atom. The highest BCUT2D eigenvalue weighted by Crippen LogP contribution is 2.42. The van der Waals surface area contributed by atoms with Crippen molar-refractivity contribution in [3.05, 3.63) is 77.9 Å². The van der Waals surface area contributed by atoms with Crippen molar-refractivity contribution >= 4 is 32.3 Å². The standard InChI is InChI=1S/C25H20O/c1-15-7-8-17-9-10-19-13-16(2)23(18-5-4-6-20(14-18)26-3)22-12-11-21(15)24(17)25(19)22/h4-14H,1-3H3.